The number of aromatic nitrogens is 1. The molecule has 0 unspecified atom stereocenters. The summed E-state index contributed by atoms with van der Waals surface area (Å²) in [5.74, 6) is -0.194. The number of hydrogen-bond donors (Lipinski definition) is 2. The zero-order valence-corrected chi connectivity index (χ0v) is 16.5. The van der Waals surface area contributed by atoms with E-state index < -0.39 is 15.0 Å². The van der Waals surface area contributed by atoms with Crippen molar-refractivity contribution in [3.63, 3.8) is 0 Å². The van der Waals surface area contributed by atoms with Gasteiger partial charge < -0.3 is 10.0 Å². The summed E-state index contributed by atoms with van der Waals surface area (Å²) in [5, 5.41) is 28.8. The Morgan fingerprint density at radius 1 is 1.21 bits per heavy atom. The molecule has 11 nitrogen and oxygen atoms in total. The summed E-state index contributed by atoms with van der Waals surface area (Å²) in [4.78, 5) is 15.7. The molecule has 0 aliphatic heterocycles. The van der Waals surface area contributed by atoms with Crippen LogP contribution in [0.2, 0.25) is 0 Å². The van der Waals surface area contributed by atoms with Gasteiger partial charge in [-0.15, -0.1) is 10.2 Å². The van der Waals surface area contributed by atoms with Crippen molar-refractivity contribution in [2.75, 3.05) is 23.7 Å². The van der Waals surface area contributed by atoms with E-state index in [2.05, 4.69) is 15.2 Å². The van der Waals surface area contributed by atoms with Gasteiger partial charge in [0.2, 0.25) is 0 Å². The van der Waals surface area contributed by atoms with Crippen molar-refractivity contribution in [2.24, 2.45) is 10.2 Å². The largest absolute Gasteiger partial charge is 0.506 e. The highest BCUT2D eigenvalue weighted by Gasteiger charge is 2.13. The maximum atomic E-state index is 10.9. The predicted octanol–water partition coefficient (Wildman–Crippen LogP) is 3.61. The first-order chi connectivity index (χ1) is 13.7. The van der Waals surface area contributed by atoms with Gasteiger partial charge in [0.05, 0.1) is 22.1 Å². The minimum absolute atomic E-state index is 0.00211. The number of phenols is 1. The zero-order chi connectivity index (χ0) is 21.4. The monoisotopic (exact) mass is 423 g/mol. The van der Waals surface area contributed by atoms with E-state index >= 15 is 0 Å². The lowest BCUT2D eigenvalue weighted by atomic mass is 10.2. The maximum Gasteiger partial charge on any atom is 0.287 e. The summed E-state index contributed by atoms with van der Waals surface area (Å²) in [7, 11) is -4.05. The lowest BCUT2D eigenvalue weighted by molar-refractivity contribution is -0.385. The van der Waals surface area contributed by atoms with Crippen LogP contribution < -0.4 is 4.90 Å². The number of benzene rings is 1. The van der Waals surface area contributed by atoms with Gasteiger partial charge in [-0.3, -0.25) is 14.7 Å². The number of phenolic OH excluding ortho intramolecular Hbond substituents is 1. The van der Waals surface area contributed by atoms with Crippen LogP contribution in [0.4, 0.5) is 22.9 Å². The highest BCUT2D eigenvalue weighted by atomic mass is 32.2. The topological polar surface area (TPSA) is 159 Å². The van der Waals surface area contributed by atoms with Crippen LogP contribution in [0, 0.1) is 10.1 Å². The quantitative estimate of drug-likeness (QED) is 0.254. The number of azo groups is 1. The lowest BCUT2D eigenvalue weighted by Gasteiger charge is -2.25. The Morgan fingerprint density at radius 2 is 1.97 bits per heavy atom. The second kappa shape index (κ2) is 9.89. The molecule has 0 fully saturated rings. The minimum atomic E-state index is -4.05. The molecule has 12 heteroatoms. The van der Waals surface area contributed by atoms with Crippen LogP contribution in [-0.4, -0.2) is 46.8 Å². The van der Waals surface area contributed by atoms with Crippen molar-refractivity contribution in [3.05, 3.63) is 46.6 Å². The van der Waals surface area contributed by atoms with Gasteiger partial charge in [-0.2, -0.15) is 8.42 Å². The molecule has 0 saturated carbocycles. The number of nitro groups is 1. The Hall–Kier alpha value is -3.12. The van der Waals surface area contributed by atoms with E-state index in [1.807, 2.05) is 6.92 Å². The van der Waals surface area contributed by atoms with Gasteiger partial charge in [0, 0.05) is 19.2 Å². The summed E-state index contributed by atoms with van der Waals surface area (Å²) < 4.78 is 30.7. The van der Waals surface area contributed by atoms with Crippen LogP contribution in [0.1, 0.15) is 19.8 Å². The van der Waals surface area contributed by atoms with Gasteiger partial charge >= 0.3 is 0 Å². The third kappa shape index (κ3) is 7.08. The second-order valence-corrected chi connectivity index (χ2v) is 7.70. The van der Waals surface area contributed by atoms with Gasteiger partial charge in [0.1, 0.15) is 11.9 Å². The fourth-order valence-corrected chi connectivity index (χ4v) is 3.04. The molecule has 0 radical (unpaired) electrons. The molecule has 0 amide bonds. The Labute approximate surface area is 167 Å². The Kier molecular flexibility index (Phi) is 7.56. The van der Waals surface area contributed by atoms with E-state index in [-0.39, 0.29) is 29.4 Å². The smallest absolute Gasteiger partial charge is 0.287 e. The Morgan fingerprint density at radius 3 is 2.55 bits per heavy atom. The van der Waals surface area contributed by atoms with Gasteiger partial charge in [-0.1, -0.05) is 6.92 Å². The first kappa shape index (κ1) is 22.2. The first-order valence-electron chi connectivity index (χ1n) is 8.75. The number of aromatic hydroxyl groups is 1. The van der Waals surface area contributed by atoms with E-state index in [9.17, 15) is 23.6 Å². The average molecular weight is 423 g/mol. The molecule has 0 aliphatic rings. The zero-order valence-electron chi connectivity index (χ0n) is 15.7. The van der Waals surface area contributed by atoms with Crippen molar-refractivity contribution in [1.29, 1.82) is 0 Å². The lowest BCUT2D eigenvalue weighted by Crippen LogP contribution is -2.26. The van der Waals surface area contributed by atoms with Crippen LogP contribution in [0.3, 0.4) is 0 Å². The fraction of sp³-hybridized carbons (Fsp3) is 0.353. The Balaban J connectivity index is 2.18. The van der Waals surface area contributed by atoms with Crippen molar-refractivity contribution in [3.8, 4) is 5.75 Å². The molecule has 0 spiro atoms. The summed E-state index contributed by atoms with van der Waals surface area (Å²) in [5.41, 5.74) is 0.708. The molecular weight excluding hydrogens is 402 g/mol. The molecule has 2 N–H and O–H groups in total. The molecule has 0 bridgehead atoms. The summed E-state index contributed by atoms with van der Waals surface area (Å²) in [6, 6.07) is 7.20. The van der Waals surface area contributed by atoms with Gasteiger partial charge in [-0.25, -0.2) is 4.98 Å². The molecule has 0 saturated heterocycles. The molecule has 0 aliphatic carbocycles. The van der Waals surface area contributed by atoms with Crippen LogP contribution in [0.15, 0.2) is 46.8 Å². The van der Waals surface area contributed by atoms with Crippen LogP contribution in [-0.2, 0) is 10.1 Å². The van der Waals surface area contributed by atoms with Crippen LogP contribution in [0.25, 0.3) is 0 Å². The van der Waals surface area contributed by atoms with Crippen molar-refractivity contribution in [1.82, 2.24) is 4.98 Å². The van der Waals surface area contributed by atoms with E-state index in [0.29, 0.717) is 24.5 Å². The van der Waals surface area contributed by atoms with Crippen molar-refractivity contribution >= 4 is 33.0 Å². The maximum absolute atomic E-state index is 10.9. The number of hydrogen-bond acceptors (Lipinski definition) is 9. The van der Waals surface area contributed by atoms with E-state index in [1.165, 1.54) is 24.3 Å². The number of rotatable bonds is 10. The van der Waals surface area contributed by atoms with Gasteiger partial charge in [-0.05, 0) is 37.1 Å². The summed E-state index contributed by atoms with van der Waals surface area (Å²) >= 11 is 0. The summed E-state index contributed by atoms with van der Waals surface area (Å²) in [6.07, 6.45) is 2.02. The Bertz CT molecular complexity index is 978. The van der Waals surface area contributed by atoms with Crippen LogP contribution in [0.5, 0.6) is 5.75 Å². The van der Waals surface area contributed by atoms with Crippen molar-refractivity contribution in [2.45, 2.75) is 19.8 Å². The van der Waals surface area contributed by atoms with E-state index in [4.69, 9.17) is 4.55 Å². The van der Waals surface area contributed by atoms with E-state index in [0.717, 1.165) is 12.6 Å². The molecule has 156 valence electrons. The SMILES string of the molecule is CCCN(CCCS(=O)(=O)O)c1cc(N=Nc2ccc([N+](=O)[O-])cn2)ccc1O. The summed E-state index contributed by atoms with van der Waals surface area (Å²) in [6.45, 7) is 2.81. The molecular formula is C17H21N5O6S. The molecule has 0 atom stereocenters. The highest BCUT2D eigenvalue weighted by molar-refractivity contribution is 7.85. The fourth-order valence-electron chi connectivity index (χ4n) is 2.54. The number of anilines is 1. The molecule has 2 rings (SSSR count). The molecule has 29 heavy (non-hydrogen) atoms. The third-order valence-corrected chi connectivity index (χ3v) is 4.64. The van der Waals surface area contributed by atoms with Crippen molar-refractivity contribution < 1.29 is 23.0 Å². The molecule has 1 aromatic heterocycles. The highest BCUT2D eigenvalue weighted by Crippen LogP contribution is 2.32. The molecule has 1 heterocycles. The molecule has 1 aromatic carbocycles. The normalized spacial score (nSPS) is 11.7. The van der Waals surface area contributed by atoms with E-state index in [1.54, 1.807) is 11.0 Å². The third-order valence-electron chi connectivity index (χ3n) is 3.83. The van der Waals surface area contributed by atoms with Gasteiger partial charge in [0.15, 0.2) is 5.82 Å². The van der Waals surface area contributed by atoms with Gasteiger partial charge in [0.25, 0.3) is 15.8 Å². The average Bonchev–Trinajstić information content (AvgIpc) is 2.66. The predicted molar refractivity (Wildman–Crippen MR) is 107 cm³/mol. The van der Waals surface area contributed by atoms with Crippen LogP contribution >= 0.6 is 0 Å². The molecule has 2 aromatic rings. The second-order valence-electron chi connectivity index (χ2n) is 6.13. The standard InChI is InChI=1S/C17H21N5O6S/c1-2-8-21(9-3-10-29(26,27)28)15-11-13(4-6-16(15)23)19-20-17-7-5-14(12-18-17)22(24)25/h4-7,11-12,23H,2-3,8-10H2,1H3,(H,26,27,28). The number of nitrogens with zero attached hydrogens (tertiary/aromatic N) is 5. The number of pyridine rings is 1. The minimum Gasteiger partial charge on any atom is -0.506 e. The first-order valence-corrected chi connectivity index (χ1v) is 10.4.